The Hall–Kier alpha value is -0.940. The van der Waals surface area contributed by atoms with Crippen molar-refractivity contribution >= 4 is 21.8 Å². The number of amides is 1. The van der Waals surface area contributed by atoms with Crippen LogP contribution in [0.3, 0.4) is 0 Å². The number of hydrogen-bond donors (Lipinski definition) is 1. The smallest absolute Gasteiger partial charge is 0.227 e. The summed E-state index contributed by atoms with van der Waals surface area (Å²) >= 11 is 3.10. The predicted molar refractivity (Wildman–Crippen MR) is 71.8 cm³/mol. The first-order chi connectivity index (χ1) is 8.58. The highest BCUT2D eigenvalue weighted by Crippen LogP contribution is 2.17. The Balaban J connectivity index is 2.04. The lowest BCUT2D eigenvalue weighted by atomic mass is 10.1. The van der Waals surface area contributed by atoms with Gasteiger partial charge in [-0.05, 0) is 40.5 Å². The van der Waals surface area contributed by atoms with Crippen LogP contribution < -0.4 is 5.32 Å². The first-order valence-electron chi connectivity index (χ1n) is 6.02. The van der Waals surface area contributed by atoms with E-state index in [4.69, 9.17) is 0 Å². The van der Waals surface area contributed by atoms with Crippen LogP contribution in [0.1, 0.15) is 12.5 Å². The fourth-order valence-corrected chi connectivity index (χ4v) is 2.38. The van der Waals surface area contributed by atoms with E-state index in [9.17, 15) is 9.18 Å². The van der Waals surface area contributed by atoms with E-state index in [-0.39, 0.29) is 24.2 Å². The Morgan fingerprint density at radius 1 is 1.61 bits per heavy atom. The van der Waals surface area contributed by atoms with Gasteiger partial charge in [0, 0.05) is 25.7 Å². The van der Waals surface area contributed by atoms with Crippen LogP contribution in [0.2, 0.25) is 0 Å². The number of hydrogen-bond acceptors (Lipinski definition) is 2. The van der Waals surface area contributed by atoms with Crippen molar-refractivity contribution in [3.63, 3.8) is 0 Å². The van der Waals surface area contributed by atoms with Crippen LogP contribution in [0, 0.1) is 5.82 Å². The van der Waals surface area contributed by atoms with E-state index in [2.05, 4.69) is 21.2 Å². The van der Waals surface area contributed by atoms with Crippen LogP contribution in [0.4, 0.5) is 4.39 Å². The highest BCUT2D eigenvalue weighted by Gasteiger charge is 2.22. The third-order valence-corrected chi connectivity index (χ3v) is 3.80. The van der Waals surface area contributed by atoms with Gasteiger partial charge < -0.3 is 10.2 Å². The van der Waals surface area contributed by atoms with E-state index < -0.39 is 0 Å². The van der Waals surface area contributed by atoms with Crippen molar-refractivity contribution < 1.29 is 9.18 Å². The van der Waals surface area contributed by atoms with Crippen LogP contribution in [-0.4, -0.2) is 36.5 Å². The zero-order valence-corrected chi connectivity index (χ0v) is 11.8. The Morgan fingerprint density at radius 3 is 3.06 bits per heavy atom. The van der Waals surface area contributed by atoms with Crippen molar-refractivity contribution in [3.05, 3.63) is 34.1 Å². The van der Waals surface area contributed by atoms with Gasteiger partial charge in [-0.25, -0.2) is 4.39 Å². The second-order valence-electron chi connectivity index (χ2n) is 4.57. The largest absolute Gasteiger partial charge is 0.337 e. The highest BCUT2D eigenvalue weighted by molar-refractivity contribution is 9.10. The van der Waals surface area contributed by atoms with Crippen LogP contribution in [0.5, 0.6) is 0 Å². The second-order valence-corrected chi connectivity index (χ2v) is 5.42. The van der Waals surface area contributed by atoms with E-state index in [1.54, 1.807) is 12.1 Å². The maximum atomic E-state index is 13.4. The molecule has 1 atom stereocenters. The standard InChI is InChI=1S/C13H16BrFN2O/c1-9-8-16-4-5-17(9)13(18)7-10-2-3-11(14)12(15)6-10/h2-3,6,9,16H,4-5,7-8H2,1H3. The third kappa shape index (κ3) is 3.09. The van der Waals surface area contributed by atoms with Gasteiger partial charge in [0.2, 0.25) is 5.91 Å². The number of rotatable bonds is 2. The Labute approximate surface area is 114 Å². The molecule has 1 unspecified atom stereocenters. The zero-order valence-electron chi connectivity index (χ0n) is 10.2. The maximum Gasteiger partial charge on any atom is 0.227 e. The molecule has 1 fully saturated rings. The van der Waals surface area contributed by atoms with E-state index in [0.717, 1.165) is 19.6 Å². The summed E-state index contributed by atoms with van der Waals surface area (Å²) in [5, 5.41) is 3.24. The minimum atomic E-state index is -0.325. The monoisotopic (exact) mass is 314 g/mol. The molecule has 0 bridgehead atoms. The third-order valence-electron chi connectivity index (χ3n) is 3.16. The highest BCUT2D eigenvalue weighted by atomic mass is 79.9. The molecular formula is C13H16BrFN2O. The van der Waals surface area contributed by atoms with Crippen molar-refractivity contribution in [2.45, 2.75) is 19.4 Å². The number of benzene rings is 1. The molecule has 98 valence electrons. The maximum absolute atomic E-state index is 13.4. The number of carbonyl (C=O) groups is 1. The van der Waals surface area contributed by atoms with Gasteiger partial charge in [0.15, 0.2) is 0 Å². The van der Waals surface area contributed by atoms with Crippen molar-refractivity contribution in [2.75, 3.05) is 19.6 Å². The summed E-state index contributed by atoms with van der Waals surface area (Å²) in [6, 6.07) is 5.03. The van der Waals surface area contributed by atoms with Crippen molar-refractivity contribution in [1.29, 1.82) is 0 Å². The SMILES string of the molecule is CC1CNCCN1C(=O)Cc1ccc(Br)c(F)c1. The average Bonchev–Trinajstić information content (AvgIpc) is 2.34. The molecule has 0 aromatic heterocycles. The van der Waals surface area contributed by atoms with Crippen molar-refractivity contribution in [3.8, 4) is 0 Å². The molecule has 1 aliphatic rings. The summed E-state index contributed by atoms with van der Waals surface area (Å²) in [6.07, 6.45) is 0.258. The number of halogens is 2. The van der Waals surface area contributed by atoms with E-state index >= 15 is 0 Å². The second kappa shape index (κ2) is 5.80. The molecule has 0 spiro atoms. The summed E-state index contributed by atoms with van der Waals surface area (Å²) in [4.78, 5) is 14.0. The summed E-state index contributed by atoms with van der Waals surface area (Å²) in [5.41, 5.74) is 0.714. The number of nitrogens with one attached hydrogen (secondary N) is 1. The Morgan fingerprint density at radius 2 is 2.39 bits per heavy atom. The molecule has 1 N–H and O–H groups in total. The molecule has 1 aromatic carbocycles. The first kappa shape index (κ1) is 13.5. The molecule has 3 nitrogen and oxygen atoms in total. The molecule has 0 radical (unpaired) electrons. The van der Waals surface area contributed by atoms with Crippen LogP contribution in [0.15, 0.2) is 22.7 Å². The topological polar surface area (TPSA) is 32.3 Å². The minimum absolute atomic E-state index is 0.0609. The summed E-state index contributed by atoms with van der Waals surface area (Å²) in [6.45, 7) is 4.39. The fourth-order valence-electron chi connectivity index (χ4n) is 2.14. The van der Waals surface area contributed by atoms with Crippen LogP contribution in [0.25, 0.3) is 0 Å². The molecule has 1 aromatic rings. The molecule has 1 aliphatic heterocycles. The molecule has 5 heteroatoms. The summed E-state index contributed by atoms with van der Waals surface area (Å²) in [7, 11) is 0. The van der Waals surface area contributed by atoms with E-state index in [0.29, 0.717) is 10.0 Å². The van der Waals surface area contributed by atoms with Gasteiger partial charge in [-0.2, -0.15) is 0 Å². The lowest BCUT2D eigenvalue weighted by molar-refractivity contribution is -0.133. The molecule has 0 saturated carbocycles. The fraction of sp³-hybridized carbons (Fsp3) is 0.462. The Kier molecular flexibility index (Phi) is 4.35. The van der Waals surface area contributed by atoms with Crippen LogP contribution >= 0.6 is 15.9 Å². The summed E-state index contributed by atoms with van der Waals surface area (Å²) < 4.78 is 13.8. The van der Waals surface area contributed by atoms with E-state index in [1.165, 1.54) is 6.07 Å². The molecule has 1 heterocycles. The quantitative estimate of drug-likeness (QED) is 0.905. The normalized spacial score (nSPS) is 19.9. The zero-order chi connectivity index (χ0) is 13.1. The van der Waals surface area contributed by atoms with Crippen molar-refractivity contribution in [1.82, 2.24) is 10.2 Å². The molecule has 1 saturated heterocycles. The average molecular weight is 315 g/mol. The van der Waals surface area contributed by atoms with Crippen molar-refractivity contribution in [2.24, 2.45) is 0 Å². The van der Waals surface area contributed by atoms with Gasteiger partial charge in [0.1, 0.15) is 5.82 Å². The lowest BCUT2D eigenvalue weighted by Gasteiger charge is -2.34. The Bertz CT molecular complexity index is 453. The van der Waals surface area contributed by atoms with E-state index in [1.807, 2.05) is 11.8 Å². The molecule has 18 heavy (non-hydrogen) atoms. The van der Waals surface area contributed by atoms with Gasteiger partial charge in [-0.1, -0.05) is 6.07 Å². The van der Waals surface area contributed by atoms with Gasteiger partial charge in [-0.15, -0.1) is 0 Å². The number of carbonyl (C=O) groups excluding carboxylic acids is 1. The van der Waals surface area contributed by atoms with Gasteiger partial charge in [-0.3, -0.25) is 4.79 Å². The molecule has 1 amide bonds. The van der Waals surface area contributed by atoms with Gasteiger partial charge >= 0.3 is 0 Å². The number of nitrogens with zero attached hydrogens (tertiary/aromatic N) is 1. The lowest BCUT2D eigenvalue weighted by Crippen LogP contribution is -2.52. The first-order valence-corrected chi connectivity index (χ1v) is 6.81. The van der Waals surface area contributed by atoms with Crippen LogP contribution in [-0.2, 0) is 11.2 Å². The molecule has 2 rings (SSSR count). The molecular weight excluding hydrogens is 299 g/mol. The molecule has 0 aliphatic carbocycles. The number of piperazine rings is 1. The minimum Gasteiger partial charge on any atom is -0.337 e. The summed E-state index contributed by atoms with van der Waals surface area (Å²) in [5.74, 6) is -0.264. The van der Waals surface area contributed by atoms with Gasteiger partial charge in [0.25, 0.3) is 0 Å². The predicted octanol–water partition coefficient (Wildman–Crippen LogP) is 1.95. The van der Waals surface area contributed by atoms with Gasteiger partial charge in [0.05, 0.1) is 10.9 Å².